The number of rotatable bonds is 7. The van der Waals surface area contributed by atoms with Crippen molar-refractivity contribution in [1.82, 2.24) is 10.3 Å². The van der Waals surface area contributed by atoms with Gasteiger partial charge in [0.25, 0.3) is 5.91 Å². The lowest BCUT2D eigenvalue weighted by Gasteiger charge is -2.13. The second kappa shape index (κ2) is 8.39. The number of para-hydroxylation sites is 1. The number of aromatic nitrogens is 1. The Hall–Kier alpha value is -2.61. The fourth-order valence-electron chi connectivity index (χ4n) is 3.11. The van der Waals surface area contributed by atoms with Gasteiger partial charge in [-0.05, 0) is 30.5 Å². The van der Waals surface area contributed by atoms with Crippen LogP contribution < -0.4 is 15.4 Å². The smallest absolute Gasteiger partial charge is 0.252 e. The molecule has 1 amide bonds. The van der Waals surface area contributed by atoms with Crippen molar-refractivity contribution in [1.29, 1.82) is 0 Å². The van der Waals surface area contributed by atoms with Crippen molar-refractivity contribution in [3.63, 3.8) is 0 Å². The average Bonchev–Trinajstić information content (AvgIpc) is 3.00. The third-order valence-corrected chi connectivity index (χ3v) is 6.24. The Labute approximate surface area is 159 Å². The van der Waals surface area contributed by atoms with E-state index >= 15 is 0 Å². The summed E-state index contributed by atoms with van der Waals surface area (Å²) in [5.41, 5.74) is 2.10. The Morgan fingerprint density at radius 3 is 2.85 bits per heavy atom. The molecule has 2 aromatic rings. The van der Waals surface area contributed by atoms with Gasteiger partial charge in [0.2, 0.25) is 0 Å². The summed E-state index contributed by atoms with van der Waals surface area (Å²) in [6.45, 7) is 0.470. The monoisotopic (exact) mass is 389 g/mol. The highest BCUT2D eigenvalue weighted by atomic mass is 32.2. The number of amides is 1. The van der Waals surface area contributed by atoms with Crippen LogP contribution >= 0.6 is 0 Å². The van der Waals surface area contributed by atoms with Crippen molar-refractivity contribution >= 4 is 21.4 Å². The molecule has 8 heteroatoms. The maximum Gasteiger partial charge on any atom is 0.252 e. The number of nitrogens with one attached hydrogen (secondary N) is 2. The normalized spacial score (nSPS) is 18.0. The van der Waals surface area contributed by atoms with Gasteiger partial charge in [0, 0.05) is 25.0 Å². The number of nitrogens with zero attached hydrogens (tertiary/aromatic N) is 1. The minimum Gasteiger partial charge on any atom is -0.496 e. The first-order valence-electron chi connectivity index (χ1n) is 8.79. The zero-order valence-electron chi connectivity index (χ0n) is 15.1. The van der Waals surface area contributed by atoms with Crippen molar-refractivity contribution in [2.75, 3.05) is 30.5 Å². The van der Waals surface area contributed by atoms with Crippen LogP contribution in [0.25, 0.3) is 0 Å². The summed E-state index contributed by atoms with van der Waals surface area (Å²) in [5, 5.41) is 6.03. The van der Waals surface area contributed by atoms with Gasteiger partial charge in [-0.25, -0.2) is 8.42 Å². The van der Waals surface area contributed by atoms with E-state index in [1.807, 2.05) is 24.3 Å². The summed E-state index contributed by atoms with van der Waals surface area (Å²) < 4.78 is 28.4. The molecule has 1 unspecified atom stereocenters. The molecular formula is C19H23N3O4S. The molecule has 3 rings (SSSR count). The van der Waals surface area contributed by atoms with Crippen LogP contribution in [0.2, 0.25) is 0 Å². The number of hydrogen-bond acceptors (Lipinski definition) is 6. The topological polar surface area (TPSA) is 97.4 Å². The van der Waals surface area contributed by atoms with Crippen molar-refractivity contribution in [3.05, 3.63) is 53.9 Å². The van der Waals surface area contributed by atoms with E-state index in [4.69, 9.17) is 4.74 Å². The van der Waals surface area contributed by atoms with E-state index in [9.17, 15) is 13.2 Å². The van der Waals surface area contributed by atoms with Crippen molar-refractivity contribution in [2.45, 2.75) is 18.9 Å². The van der Waals surface area contributed by atoms with Gasteiger partial charge in [-0.2, -0.15) is 0 Å². The zero-order chi connectivity index (χ0) is 19.3. The maximum atomic E-state index is 12.4. The number of benzene rings is 1. The molecule has 1 saturated heterocycles. The SMILES string of the molecule is COc1ccccc1CCNC(=O)c1cncc(NC2CCS(=O)(=O)C2)c1. The molecule has 0 bridgehead atoms. The largest absolute Gasteiger partial charge is 0.496 e. The van der Waals surface area contributed by atoms with Crippen LogP contribution in [0.5, 0.6) is 5.75 Å². The van der Waals surface area contributed by atoms with Gasteiger partial charge >= 0.3 is 0 Å². The highest BCUT2D eigenvalue weighted by Crippen LogP contribution is 2.19. The van der Waals surface area contributed by atoms with Gasteiger partial charge in [-0.1, -0.05) is 18.2 Å². The van der Waals surface area contributed by atoms with E-state index in [-0.39, 0.29) is 23.5 Å². The third-order valence-electron chi connectivity index (χ3n) is 4.48. The van der Waals surface area contributed by atoms with E-state index in [2.05, 4.69) is 15.6 Å². The lowest BCUT2D eigenvalue weighted by molar-refractivity contribution is 0.0953. The van der Waals surface area contributed by atoms with E-state index in [1.165, 1.54) is 6.20 Å². The van der Waals surface area contributed by atoms with Gasteiger partial charge in [-0.15, -0.1) is 0 Å². The first-order chi connectivity index (χ1) is 13.0. The fraction of sp³-hybridized carbons (Fsp3) is 0.368. The molecule has 0 saturated carbocycles. The van der Waals surface area contributed by atoms with Crippen LogP contribution in [0.15, 0.2) is 42.7 Å². The number of carbonyl (C=O) groups is 1. The Bertz CT molecular complexity index is 915. The molecule has 0 radical (unpaired) electrons. The standard InChI is InChI=1S/C19H23N3O4S/c1-26-18-5-3-2-4-14(18)6-8-21-19(23)15-10-17(12-20-11-15)22-16-7-9-27(24,25)13-16/h2-5,10-12,16,22H,6-9,13H2,1H3,(H,21,23). The lowest BCUT2D eigenvalue weighted by atomic mass is 10.1. The number of anilines is 1. The second-order valence-corrected chi connectivity index (χ2v) is 8.75. The first-order valence-corrected chi connectivity index (χ1v) is 10.6. The summed E-state index contributed by atoms with van der Waals surface area (Å²) in [6.07, 6.45) is 4.31. The zero-order valence-corrected chi connectivity index (χ0v) is 16.0. The summed E-state index contributed by atoms with van der Waals surface area (Å²) >= 11 is 0. The second-order valence-electron chi connectivity index (χ2n) is 6.52. The minimum absolute atomic E-state index is 0.113. The molecule has 1 aliphatic heterocycles. The van der Waals surface area contributed by atoms with Crippen molar-refractivity contribution in [2.24, 2.45) is 0 Å². The number of carbonyl (C=O) groups excluding carboxylic acids is 1. The van der Waals surface area contributed by atoms with Crippen molar-refractivity contribution < 1.29 is 17.9 Å². The highest BCUT2D eigenvalue weighted by Gasteiger charge is 2.27. The Balaban J connectivity index is 1.55. The maximum absolute atomic E-state index is 12.4. The number of pyridine rings is 1. The van der Waals surface area contributed by atoms with Crippen LogP contribution in [0, 0.1) is 0 Å². The van der Waals surface area contributed by atoms with Gasteiger partial charge in [-0.3, -0.25) is 9.78 Å². The lowest BCUT2D eigenvalue weighted by Crippen LogP contribution is -2.26. The molecule has 1 fully saturated rings. The summed E-state index contributed by atoms with van der Waals surface area (Å²) in [4.78, 5) is 16.5. The molecule has 27 heavy (non-hydrogen) atoms. The van der Waals surface area contributed by atoms with Crippen LogP contribution in [0.1, 0.15) is 22.3 Å². The summed E-state index contributed by atoms with van der Waals surface area (Å²) in [6, 6.07) is 9.24. The van der Waals surface area contributed by atoms with E-state index in [0.717, 1.165) is 11.3 Å². The van der Waals surface area contributed by atoms with Gasteiger partial charge in [0.1, 0.15) is 5.75 Å². The van der Waals surface area contributed by atoms with Gasteiger partial charge in [0.05, 0.1) is 29.9 Å². The molecular weight excluding hydrogens is 366 g/mol. The molecule has 144 valence electrons. The van der Waals surface area contributed by atoms with Crippen molar-refractivity contribution in [3.8, 4) is 5.75 Å². The molecule has 0 aliphatic carbocycles. The molecule has 1 aromatic heterocycles. The molecule has 1 atom stereocenters. The third kappa shape index (κ3) is 5.19. The predicted octanol–water partition coefficient (Wildman–Crippen LogP) is 1.66. The molecule has 0 spiro atoms. The van der Waals surface area contributed by atoms with Crippen LogP contribution in [0.4, 0.5) is 5.69 Å². The molecule has 7 nitrogen and oxygen atoms in total. The van der Waals surface area contributed by atoms with Crippen LogP contribution in [0.3, 0.4) is 0 Å². The fourth-order valence-corrected chi connectivity index (χ4v) is 4.78. The van der Waals surface area contributed by atoms with Crippen LogP contribution in [-0.4, -0.2) is 50.5 Å². The number of ether oxygens (including phenoxy) is 1. The van der Waals surface area contributed by atoms with Gasteiger partial charge < -0.3 is 15.4 Å². The van der Waals surface area contributed by atoms with E-state index in [0.29, 0.717) is 30.6 Å². The highest BCUT2D eigenvalue weighted by molar-refractivity contribution is 7.91. The Morgan fingerprint density at radius 2 is 2.11 bits per heavy atom. The first kappa shape index (κ1) is 19.2. The quantitative estimate of drug-likeness (QED) is 0.748. The molecule has 1 aromatic carbocycles. The number of sulfone groups is 1. The molecule has 2 N–H and O–H groups in total. The number of methoxy groups -OCH3 is 1. The Morgan fingerprint density at radius 1 is 1.30 bits per heavy atom. The average molecular weight is 389 g/mol. The molecule has 1 aliphatic rings. The Kier molecular flexibility index (Phi) is 5.95. The van der Waals surface area contributed by atoms with Gasteiger partial charge in [0.15, 0.2) is 9.84 Å². The number of hydrogen-bond donors (Lipinski definition) is 2. The predicted molar refractivity (Wildman–Crippen MR) is 104 cm³/mol. The summed E-state index contributed by atoms with van der Waals surface area (Å²) in [5.74, 6) is 0.884. The van der Waals surface area contributed by atoms with Crippen LogP contribution in [-0.2, 0) is 16.3 Å². The summed E-state index contributed by atoms with van der Waals surface area (Å²) in [7, 11) is -1.34. The minimum atomic E-state index is -2.96. The van der Waals surface area contributed by atoms with E-state index < -0.39 is 9.84 Å². The van der Waals surface area contributed by atoms with E-state index in [1.54, 1.807) is 19.4 Å². The molecule has 2 heterocycles.